The van der Waals surface area contributed by atoms with Crippen molar-refractivity contribution in [2.75, 3.05) is 7.11 Å². The van der Waals surface area contributed by atoms with E-state index in [2.05, 4.69) is 13.0 Å². The largest absolute Gasteiger partial charge is 0.501 e. The predicted molar refractivity (Wildman–Crippen MR) is 70.0 cm³/mol. The fourth-order valence-electron chi connectivity index (χ4n) is 2.99. The number of carbonyl (C=O) groups is 1. The summed E-state index contributed by atoms with van der Waals surface area (Å²) in [5.74, 6) is -0.134. The molecule has 98 valence electrons. The van der Waals surface area contributed by atoms with E-state index in [1.165, 1.54) is 5.57 Å². The summed E-state index contributed by atoms with van der Waals surface area (Å²) in [6.07, 6.45) is 8.48. The highest BCUT2D eigenvalue weighted by atomic mass is 16.5. The minimum atomic E-state index is -0.726. The Morgan fingerprint density at radius 1 is 1.56 bits per heavy atom. The SMILES string of the molecule is CCC(C(=O)O)C1=CCC2(C)CC(OC)=CC=C12. The molecule has 0 aromatic carbocycles. The molecule has 0 fully saturated rings. The molecule has 0 aromatic rings. The molecule has 0 amide bonds. The average Bonchev–Trinajstić information content (AvgIpc) is 2.66. The minimum Gasteiger partial charge on any atom is -0.501 e. The molecule has 2 unspecified atom stereocenters. The number of allylic oxidation sites excluding steroid dienone is 5. The van der Waals surface area contributed by atoms with Crippen LogP contribution in [0.1, 0.15) is 33.1 Å². The molecule has 0 aromatic heterocycles. The normalized spacial score (nSPS) is 27.8. The van der Waals surface area contributed by atoms with Crippen molar-refractivity contribution in [2.45, 2.75) is 33.1 Å². The second-order valence-electron chi connectivity index (χ2n) is 5.32. The number of ether oxygens (including phenoxy) is 1. The first-order valence-corrected chi connectivity index (χ1v) is 6.40. The van der Waals surface area contributed by atoms with Gasteiger partial charge in [-0.3, -0.25) is 4.79 Å². The number of rotatable bonds is 4. The molecule has 2 aliphatic rings. The van der Waals surface area contributed by atoms with Gasteiger partial charge in [0.25, 0.3) is 0 Å². The Morgan fingerprint density at radius 3 is 2.83 bits per heavy atom. The maximum absolute atomic E-state index is 11.3. The molecule has 1 N–H and O–H groups in total. The van der Waals surface area contributed by atoms with E-state index in [9.17, 15) is 9.90 Å². The molecular formula is C15H20O3. The van der Waals surface area contributed by atoms with Crippen LogP contribution in [0.25, 0.3) is 0 Å². The minimum absolute atomic E-state index is 0.0122. The summed E-state index contributed by atoms with van der Waals surface area (Å²) in [7, 11) is 1.68. The van der Waals surface area contributed by atoms with Crippen LogP contribution in [0.5, 0.6) is 0 Å². The van der Waals surface area contributed by atoms with Gasteiger partial charge in [0.15, 0.2) is 0 Å². The molecule has 0 saturated heterocycles. The molecule has 0 bridgehead atoms. The van der Waals surface area contributed by atoms with Crippen molar-refractivity contribution in [2.24, 2.45) is 11.3 Å². The van der Waals surface area contributed by atoms with Gasteiger partial charge in [-0.05, 0) is 30.1 Å². The van der Waals surface area contributed by atoms with Gasteiger partial charge in [-0.2, -0.15) is 0 Å². The Labute approximate surface area is 108 Å². The van der Waals surface area contributed by atoms with Crippen LogP contribution in [0.4, 0.5) is 0 Å². The summed E-state index contributed by atoms with van der Waals surface area (Å²) in [4.78, 5) is 11.3. The summed E-state index contributed by atoms with van der Waals surface area (Å²) < 4.78 is 5.31. The van der Waals surface area contributed by atoms with E-state index < -0.39 is 5.97 Å². The van der Waals surface area contributed by atoms with Crippen molar-refractivity contribution >= 4 is 5.97 Å². The molecule has 2 aliphatic carbocycles. The summed E-state index contributed by atoms with van der Waals surface area (Å²) in [5.41, 5.74) is 2.19. The number of carboxylic acids is 1. The highest BCUT2D eigenvalue weighted by Crippen LogP contribution is 2.51. The molecule has 0 aliphatic heterocycles. The molecule has 0 heterocycles. The van der Waals surface area contributed by atoms with Crippen LogP contribution in [0.15, 0.2) is 35.1 Å². The summed E-state index contributed by atoms with van der Waals surface area (Å²) in [5, 5.41) is 9.30. The fourth-order valence-corrected chi connectivity index (χ4v) is 2.99. The molecule has 2 rings (SSSR count). The zero-order valence-corrected chi connectivity index (χ0v) is 11.2. The van der Waals surface area contributed by atoms with Crippen molar-refractivity contribution in [3.63, 3.8) is 0 Å². The third kappa shape index (κ3) is 1.98. The van der Waals surface area contributed by atoms with Crippen LogP contribution < -0.4 is 0 Å². The summed E-state index contributed by atoms with van der Waals surface area (Å²) in [6, 6.07) is 0. The number of hydrogen-bond donors (Lipinski definition) is 1. The van der Waals surface area contributed by atoms with Crippen LogP contribution in [-0.2, 0) is 9.53 Å². The molecule has 18 heavy (non-hydrogen) atoms. The standard InChI is InChI=1S/C15H20O3/c1-4-11(14(16)17)12-7-8-15(2)9-10(18-3)5-6-13(12)15/h5-7,11H,4,8-9H2,1-3H3,(H,16,17). The Morgan fingerprint density at radius 2 is 2.28 bits per heavy atom. The molecule has 3 heteroatoms. The Hall–Kier alpha value is -1.51. The molecule has 0 radical (unpaired) electrons. The van der Waals surface area contributed by atoms with Crippen molar-refractivity contribution in [3.8, 4) is 0 Å². The lowest BCUT2D eigenvalue weighted by atomic mass is 9.74. The van der Waals surface area contributed by atoms with E-state index in [0.717, 1.165) is 24.2 Å². The number of methoxy groups -OCH3 is 1. The molecule has 0 spiro atoms. The molecule has 2 atom stereocenters. The Kier molecular flexibility index (Phi) is 3.33. The monoisotopic (exact) mass is 248 g/mol. The van der Waals surface area contributed by atoms with Crippen LogP contribution in [-0.4, -0.2) is 18.2 Å². The van der Waals surface area contributed by atoms with E-state index in [4.69, 9.17) is 4.74 Å². The Bertz CT molecular complexity index is 456. The van der Waals surface area contributed by atoms with Gasteiger partial charge in [-0.1, -0.05) is 26.0 Å². The summed E-state index contributed by atoms with van der Waals surface area (Å²) >= 11 is 0. The second kappa shape index (κ2) is 4.63. The van der Waals surface area contributed by atoms with Gasteiger partial charge in [-0.25, -0.2) is 0 Å². The second-order valence-corrected chi connectivity index (χ2v) is 5.32. The van der Waals surface area contributed by atoms with Crippen molar-refractivity contribution in [1.82, 2.24) is 0 Å². The lowest BCUT2D eigenvalue weighted by molar-refractivity contribution is -0.140. The topological polar surface area (TPSA) is 46.5 Å². The number of fused-ring (bicyclic) bond motifs is 1. The fraction of sp³-hybridized carbons (Fsp3) is 0.533. The van der Waals surface area contributed by atoms with E-state index in [1.807, 2.05) is 19.1 Å². The molecule has 3 nitrogen and oxygen atoms in total. The van der Waals surface area contributed by atoms with Crippen molar-refractivity contribution < 1.29 is 14.6 Å². The number of hydrogen-bond acceptors (Lipinski definition) is 2. The van der Waals surface area contributed by atoms with Gasteiger partial charge < -0.3 is 9.84 Å². The average molecular weight is 248 g/mol. The van der Waals surface area contributed by atoms with E-state index in [-0.39, 0.29) is 11.3 Å². The van der Waals surface area contributed by atoms with Gasteiger partial charge in [0, 0.05) is 11.8 Å². The maximum atomic E-state index is 11.3. The molecule has 0 saturated carbocycles. The van der Waals surface area contributed by atoms with Crippen LogP contribution >= 0.6 is 0 Å². The van der Waals surface area contributed by atoms with Crippen molar-refractivity contribution in [3.05, 3.63) is 35.1 Å². The van der Waals surface area contributed by atoms with Gasteiger partial charge in [0.2, 0.25) is 0 Å². The zero-order chi connectivity index (χ0) is 13.3. The van der Waals surface area contributed by atoms with Gasteiger partial charge in [0.05, 0.1) is 18.8 Å². The third-order valence-electron chi connectivity index (χ3n) is 4.08. The number of aliphatic carboxylic acids is 1. The van der Waals surface area contributed by atoms with Crippen LogP contribution in [0.2, 0.25) is 0 Å². The van der Waals surface area contributed by atoms with E-state index in [1.54, 1.807) is 7.11 Å². The number of carboxylic acid groups (broad SMARTS) is 1. The highest BCUT2D eigenvalue weighted by molar-refractivity contribution is 5.76. The first kappa shape index (κ1) is 12.9. The van der Waals surface area contributed by atoms with Gasteiger partial charge in [-0.15, -0.1) is 0 Å². The van der Waals surface area contributed by atoms with E-state index in [0.29, 0.717) is 6.42 Å². The zero-order valence-electron chi connectivity index (χ0n) is 11.2. The maximum Gasteiger partial charge on any atom is 0.310 e. The quantitative estimate of drug-likeness (QED) is 0.830. The lowest BCUT2D eigenvalue weighted by Gasteiger charge is -2.32. The third-order valence-corrected chi connectivity index (χ3v) is 4.08. The predicted octanol–water partition coefficient (Wildman–Crippen LogP) is 3.29. The van der Waals surface area contributed by atoms with E-state index >= 15 is 0 Å². The Balaban J connectivity index is 2.34. The summed E-state index contributed by atoms with van der Waals surface area (Å²) in [6.45, 7) is 4.11. The van der Waals surface area contributed by atoms with Crippen molar-refractivity contribution in [1.29, 1.82) is 0 Å². The van der Waals surface area contributed by atoms with Gasteiger partial charge in [0.1, 0.15) is 0 Å². The van der Waals surface area contributed by atoms with Gasteiger partial charge >= 0.3 is 5.97 Å². The first-order chi connectivity index (χ1) is 8.51. The van der Waals surface area contributed by atoms with Crippen LogP contribution in [0, 0.1) is 11.3 Å². The smallest absolute Gasteiger partial charge is 0.310 e. The highest BCUT2D eigenvalue weighted by Gasteiger charge is 2.41. The lowest BCUT2D eigenvalue weighted by Crippen LogP contribution is -2.23. The van der Waals surface area contributed by atoms with Crippen LogP contribution in [0.3, 0.4) is 0 Å². The first-order valence-electron chi connectivity index (χ1n) is 6.40. The molecular weight excluding hydrogens is 228 g/mol.